The molecule has 0 radical (unpaired) electrons. The third-order valence-electron chi connectivity index (χ3n) is 4.91. The summed E-state index contributed by atoms with van der Waals surface area (Å²) in [5.74, 6) is 0.859. The van der Waals surface area contributed by atoms with Gasteiger partial charge in [-0.05, 0) is 32.9 Å². The highest BCUT2D eigenvalue weighted by Crippen LogP contribution is 2.16. The maximum Gasteiger partial charge on any atom is 0.283 e. The predicted octanol–water partition coefficient (Wildman–Crippen LogP) is 0.208. The van der Waals surface area contributed by atoms with Crippen LogP contribution in [0.25, 0.3) is 0 Å². The summed E-state index contributed by atoms with van der Waals surface area (Å²) < 4.78 is 32.0. The molecule has 0 unspecified atom stereocenters. The number of rotatable bonds is 5. The van der Waals surface area contributed by atoms with E-state index in [9.17, 15) is 13.2 Å². The minimum absolute atomic E-state index is 0.159. The molecular formula is C18H25N4O4S+. The van der Waals surface area contributed by atoms with Crippen molar-refractivity contribution >= 4 is 21.7 Å². The second-order valence-corrected chi connectivity index (χ2v) is 8.85. The maximum absolute atomic E-state index is 12.8. The van der Waals surface area contributed by atoms with E-state index in [1.165, 1.54) is 4.31 Å². The lowest BCUT2D eigenvalue weighted by molar-refractivity contribution is -0.917. The number of nitrogens with zero attached hydrogens (tertiary/aromatic N) is 2. The largest absolute Gasteiger partial charge is 0.360 e. The van der Waals surface area contributed by atoms with Crippen LogP contribution in [0.15, 0.2) is 39.8 Å². The normalized spacial score (nSPS) is 17.6. The molecule has 0 spiro atoms. The highest BCUT2D eigenvalue weighted by Gasteiger charge is 2.34. The highest BCUT2D eigenvalue weighted by atomic mass is 32.2. The van der Waals surface area contributed by atoms with Crippen molar-refractivity contribution in [3.63, 3.8) is 0 Å². The van der Waals surface area contributed by atoms with E-state index in [1.54, 1.807) is 37.3 Å². The minimum atomic E-state index is -3.50. The number of anilines is 1. The van der Waals surface area contributed by atoms with Crippen molar-refractivity contribution in [2.45, 2.75) is 31.7 Å². The Morgan fingerprint density at radius 2 is 1.85 bits per heavy atom. The molecule has 146 valence electrons. The molecule has 0 saturated carbocycles. The van der Waals surface area contributed by atoms with Crippen LogP contribution >= 0.6 is 0 Å². The van der Waals surface area contributed by atoms with Gasteiger partial charge in [0.05, 0.1) is 31.1 Å². The molecule has 9 heteroatoms. The Morgan fingerprint density at radius 3 is 2.41 bits per heavy atom. The van der Waals surface area contributed by atoms with Gasteiger partial charge in [0.1, 0.15) is 5.76 Å². The van der Waals surface area contributed by atoms with Crippen LogP contribution in [-0.2, 0) is 14.8 Å². The number of carbonyl (C=O) groups is 1. The monoisotopic (exact) mass is 393 g/mol. The van der Waals surface area contributed by atoms with E-state index in [-0.39, 0.29) is 11.9 Å². The molecule has 1 amide bonds. The third kappa shape index (κ3) is 4.37. The van der Waals surface area contributed by atoms with Crippen LogP contribution in [0.2, 0.25) is 0 Å². The Kier molecular flexibility index (Phi) is 5.64. The van der Waals surface area contributed by atoms with E-state index in [1.807, 2.05) is 13.8 Å². The molecule has 1 atom stereocenters. The number of hydrogen-bond donors (Lipinski definition) is 2. The van der Waals surface area contributed by atoms with Crippen LogP contribution in [-0.4, -0.2) is 56.0 Å². The first-order valence-electron chi connectivity index (χ1n) is 8.93. The lowest BCUT2D eigenvalue weighted by Crippen LogP contribution is -3.19. The second-order valence-electron chi connectivity index (χ2n) is 6.91. The molecular weight excluding hydrogens is 368 g/mol. The highest BCUT2D eigenvalue weighted by molar-refractivity contribution is 7.89. The number of aryl methyl sites for hydroxylation is 2. The van der Waals surface area contributed by atoms with Crippen LogP contribution < -0.4 is 10.2 Å². The van der Waals surface area contributed by atoms with Gasteiger partial charge in [-0.15, -0.1) is 0 Å². The van der Waals surface area contributed by atoms with Crippen LogP contribution in [0.4, 0.5) is 5.82 Å². The number of nitrogens with one attached hydrogen (secondary N) is 2. The fraction of sp³-hybridized carbons (Fsp3) is 0.444. The summed E-state index contributed by atoms with van der Waals surface area (Å²) in [4.78, 5) is 13.8. The standard InChI is InChI=1S/C18H24N4O4S/c1-13-4-6-16(7-5-13)27(24,25)22-10-8-21(9-11-22)15(3)18(23)19-17-12-14(2)26-20-17/h4-7,12,15H,8-11H2,1-3H3,(H,19,20,23)/p+1/t15-/m0/s1. The van der Waals surface area contributed by atoms with Crippen molar-refractivity contribution in [1.82, 2.24) is 9.46 Å². The zero-order valence-corrected chi connectivity index (χ0v) is 16.5. The fourth-order valence-electron chi connectivity index (χ4n) is 3.15. The van der Waals surface area contributed by atoms with E-state index in [4.69, 9.17) is 4.52 Å². The van der Waals surface area contributed by atoms with E-state index >= 15 is 0 Å². The molecule has 1 saturated heterocycles. The lowest BCUT2D eigenvalue weighted by atomic mass is 10.2. The number of piperazine rings is 1. The van der Waals surface area contributed by atoms with E-state index in [0.29, 0.717) is 42.7 Å². The van der Waals surface area contributed by atoms with Gasteiger partial charge in [0.25, 0.3) is 5.91 Å². The van der Waals surface area contributed by atoms with Crippen LogP contribution in [0.5, 0.6) is 0 Å². The Hall–Kier alpha value is -2.23. The van der Waals surface area contributed by atoms with Crippen LogP contribution in [0.1, 0.15) is 18.2 Å². The Labute approximate surface area is 159 Å². The third-order valence-corrected chi connectivity index (χ3v) is 6.82. The van der Waals surface area contributed by atoms with E-state index < -0.39 is 10.0 Å². The summed E-state index contributed by atoms with van der Waals surface area (Å²) in [6, 6.07) is 8.22. The first-order valence-corrected chi connectivity index (χ1v) is 10.4. The molecule has 2 heterocycles. The van der Waals surface area contributed by atoms with Crippen molar-refractivity contribution in [1.29, 1.82) is 0 Å². The van der Waals surface area contributed by atoms with Crippen molar-refractivity contribution in [2.24, 2.45) is 0 Å². The Balaban J connectivity index is 1.59. The summed E-state index contributed by atoms with van der Waals surface area (Å²) in [5, 5.41) is 6.50. The quantitative estimate of drug-likeness (QED) is 0.757. The smallest absolute Gasteiger partial charge is 0.283 e. The number of aromatic nitrogens is 1. The first kappa shape index (κ1) is 19.5. The summed E-state index contributed by atoms with van der Waals surface area (Å²) in [6.07, 6.45) is 0. The zero-order chi connectivity index (χ0) is 19.6. The molecule has 1 fully saturated rings. The lowest BCUT2D eigenvalue weighted by Gasteiger charge is -2.34. The first-order chi connectivity index (χ1) is 12.8. The van der Waals surface area contributed by atoms with Gasteiger partial charge >= 0.3 is 0 Å². The van der Waals surface area contributed by atoms with Crippen molar-refractivity contribution in [2.75, 3.05) is 31.5 Å². The topological polar surface area (TPSA) is 97.0 Å². The van der Waals surface area contributed by atoms with Crippen molar-refractivity contribution in [3.05, 3.63) is 41.7 Å². The minimum Gasteiger partial charge on any atom is -0.360 e. The molecule has 1 aliphatic rings. The summed E-state index contributed by atoms with van der Waals surface area (Å²) in [7, 11) is -3.50. The van der Waals surface area contributed by atoms with Crippen molar-refractivity contribution < 1.29 is 22.6 Å². The second kappa shape index (κ2) is 7.79. The van der Waals surface area contributed by atoms with Gasteiger partial charge in [0.2, 0.25) is 10.0 Å². The molecule has 1 aromatic carbocycles. The van der Waals surface area contributed by atoms with Gasteiger partial charge in [-0.2, -0.15) is 4.31 Å². The van der Waals surface area contributed by atoms with Crippen LogP contribution in [0.3, 0.4) is 0 Å². The molecule has 1 aliphatic heterocycles. The predicted molar refractivity (Wildman–Crippen MR) is 100.0 cm³/mol. The summed E-state index contributed by atoms with van der Waals surface area (Å²) in [5.41, 5.74) is 1.02. The molecule has 2 aromatic rings. The number of quaternary nitrogens is 1. The van der Waals surface area contributed by atoms with Gasteiger partial charge in [-0.1, -0.05) is 22.9 Å². The van der Waals surface area contributed by atoms with Gasteiger partial charge in [0, 0.05) is 6.07 Å². The van der Waals surface area contributed by atoms with Gasteiger partial charge in [0.15, 0.2) is 11.9 Å². The number of amides is 1. The number of sulfonamides is 1. The maximum atomic E-state index is 12.8. The average Bonchev–Trinajstić information content (AvgIpc) is 3.06. The number of hydrogen-bond acceptors (Lipinski definition) is 5. The molecule has 0 bridgehead atoms. The Morgan fingerprint density at radius 1 is 1.22 bits per heavy atom. The van der Waals surface area contributed by atoms with Crippen LogP contribution in [0, 0.1) is 13.8 Å². The number of carbonyl (C=O) groups excluding carboxylic acids is 1. The van der Waals surface area contributed by atoms with Gasteiger partial charge in [-0.3, -0.25) is 4.79 Å². The molecule has 0 aliphatic carbocycles. The van der Waals surface area contributed by atoms with Gasteiger partial charge < -0.3 is 14.7 Å². The molecule has 3 rings (SSSR count). The summed E-state index contributed by atoms with van der Waals surface area (Å²) >= 11 is 0. The van der Waals surface area contributed by atoms with E-state index in [2.05, 4.69) is 10.5 Å². The van der Waals surface area contributed by atoms with E-state index in [0.717, 1.165) is 10.5 Å². The van der Waals surface area contributed by atoms with Gasteiger partial charge in [-0.25, -0.2) is 8.42 Å². The molecule has 2 N–H and O–H groups in total. The summed E-state index contributed by atoms with van der Waals surface area (Å²) in [6.45, 7) is 7.41. The fourth-order valence-corrected chi connectivity index (χ4v) is 4.59. The average molecular weight is 393 g/mol. The molecule has 27 heavy (non-hydrogen) atoms. The number of benzene rings is 1. The SMILES string of the molecule is Cc1ccc(S(=O)(=O)N2CC[NH+]([C@@H](C)C(=O)Nc3cc(C)on3)CC2)cc1. The van der Waals surface area contributed by atoms with Crippen molar-refractivity contribution in [3.8, 4) is 0 Å². The molecule has 1 aromatic heterocycles. The zero-order valence-electron chi connectivity index (χ0n) is 15.7. The molecule has 8 nitrogen and oxygen atoms in total. The Bertz CT molecular complexity index is 900.